The van der Waals surface area contributed by atoms with Crippen LogP contribution in [-0.4, -0.2) is 57.6 Å². The molecular formula is C18H23ClN2O5. The van der Waals surface area contributed by atoms with Gasteiger partial charge in [-0.2, -0.15) is 0 Å². The molecular weight excluding hydrogens is 360 g/mol. The van der Waals surface area contributed by atoms with Crippen molar-refractivity contribution in [1.29, 1.82) is 0 Å². The molecule has 1 unspecified atom stereocenters. The lowest BCUT2D eigenvalue weighted by Crippen LogP contribution is -2.56. The Balaban J connectivity index is 2.08. The summed E-state index contributed by atoms with van der Waals surface area (Å²) in [5.74, 6) is -2.19. The molecule has 3 N–H and O–H groups in total. The standard InChI is InChI=1S/C18H23ClN2O5/c1-11(2)14(20-15(22)12-5-3-4-6-13(12)19)16(23)21-9-7-18(26,8-10-21)17(24)25/h3-6,11,14,26H,7-10H2,1-2H3,(H,20,22)(H,24,25). The Labute approximate surface area is 156 Å². The maximum atomic E-state index is 12.8. The molecule has 1 atom stereocenters. The monoisotopic (exact) mass is 382 g/mol. The first-order chi connectivity index (χ1) is 12.2. The fraction of sp³-hybridized carbons (Fsp3) is 0.500. The minimum atomic E-state index is -1.80. The Kier molecular flexibility index (Phi) is 6.26. The number of carboxylic acids is 1. The van der Waals surface area contributed by atoms with Crippen molar-refractivity contribution in [3.63, 3.8) is 0 Å². The van der Waals surface area contributed by atoms with Crippen LogP contribution in [0.2, 0.25) is 5.02 Å². The molecule has 1 fully saturated rings. The molecule has 1 aromatic carbocycles. The van der Waals surface area contributed by atoms with E-state index >= 15 is 0 Å². The molecule has 1 aliphatic rings. The van der Waals surface area contributed by atoms with Crippen molar-refractivity contribution in [2.24, 2.45) is 5.92 Å². The summed E-state index contributed by atoms with van der Waals surface area (Å²) in [6.07, 6.45) is -0.0886. The Morgan fingerprint density at radius 3 is 2.27 bits per heavy atom. The van der Waals surface area contributed by atoms with Gasteiger partial charge in [0.1, 0.15) is 6.04 Å². The lowest BCUT2D eigenvalue weighted by molar-refractivity contribution is -0.165. The maximum absolute atomic E-state index is 12.8. The van der Waals surface area contributed by atoms with E-state index in [-0.39, 0.29) is 43.3 Å². The minimum absolute atomic E-state index is 0.0443. The van der Waals surface area contributed by atoms with E-state index < -0.39 is 23.5 Å². The van der Waals surface area contributed by atoms with Crippen LogP contribution < -0.4 is 5.32 Å². The maximum Gasteiger partial charge on any atom is 0.335 e. The molecule has 26 heavy (non-hydrogen) atoms. The lowest BCUT2D eigenvalue weighted by Gasteiger charge is -2.37. The number of nitrogens with zero attached hydrogens (tertiary/aromatic N) is 1. The van der Waals surface area contributed by atoms with Crippen LogP contribution in [0.15, 0.2) is 24.3 Å². The zero-order chi connectivity index (χ0) is 19.5. The highest BCUT2D eigenvalue weighted by Gasteiger charge is 2.41. The Morgan fingerprint density at radius 1 is 1.19 bits per heavy atom. The van der Waals surface area contributed by atoms with Crippen LogP contribution >= 0.6 is 11.6 Å². The summed E-state index contributed by atoms with van der Waals surface area (Å²) in [5, 5.41) is 22.1. The number of hydrogen-bond acceptors (Lipinski definition) is 4. The first-order valence-electron chi connectivity index (χ1n) is 8.45. The quantitative estimate of drug-likeness (QED) is 0.716. The van der Waals surface area contributed by atoms with Gasteiger partial charge < -0.3 is 20.4 Å². The molecule has 1 aliphatic heterocycles. The zero-order valence-electron chi connectivity index (χ0n) is 14.7. The predicted octanol–water partition coefficient (Wildman–Crippen LogP) is 1.53. The van der Waals surface area contributed by atoms with Crippen molar-refractivity contribution < 1.29 is 24.6 Å². The topological polar surface area (TPSA) is 107 Å². The van der Waals surface area contributed by atoms with Gasteiger partial charge in [0.25, 0.3) is 5.91 Å². The second-order valence-corrected chi connectivity index (χ2v) is 7.24. The molecule has 1 aromatic rings. The van der Waals surface area contributed by atoms with Gasteiger partial charge >= 0.3 is 5.97 Å². The van der Waals surface area contributed by atoms with Crippen LogP contribution in [0.1, 0.15) is 37.0 Å². The van der Waals surface area contributed by atoms with E-state index in [1.807, 2.05) is 13.8 Å². The van der Waals surface area contributed by atoms with E-state index in [0.717, 1.165) is 0 Å². The average Bonchev–Trinajstić information content (AvgIpc) is 2.59. The third kappa shape index (κ3) is 4.34. The number of likely N-dealkylation sites (tertiary alicyclic amines) is 1. The van der Waals surface area contributed by atoms with Crippen molar-refractivity contribution in [3.05, 3.63) is 34.9 Å². The Morgan fingerprint density at radius 2 is 1.77 bits per heavy atom. The number of benzene rings is 1. The van der Waals surface area contributed by atoms with E-state index in [1.54, 1.807) is 24.3 Å². The number of aliphatic carboxylic acids is 1. The number of aliphatic hydroxyl groups is 1. The summed E-state index contributed by atoms with van der Waals surface area (Å²) in [7, 11) is 0. The number of piperidine rings is 1. The number of hydrogen-bond donors (Lipinski definition) is 3. The Bertz CT molecular complexity index is 699. The third-order valence-electron chi connectivity index (χ3n) is 4.64. The van der Waals surface area contributed by atoms with Crippen LogP contribution in [-0.2, 0) is 9.59 Å². The molecule has 142 valence electrons. The van der Waals surface area contributed by atoms with Gasteiger partial charge in [-0.15, -0.1) is 0 Å². The second-order valence-electron chi connectivity index (χ2n) is 6.84. The molecule has 2 amide bonds. The number of rotatable bonds is 5. The molecule has 1 heterocycles. The molecule has 7 nitrogen and oxygen atoms in total. The van der Waals surface area contributed by atoms with E-state index in [0.29, 0.717) is 5.02 Å². The van der Waals surface area contributed by atoms with E-state index in [2.05, 4.69) is 5.32 Å². The van der Waals surface area contributed by atoms with E-state index in [1.165, 1.54) is 4.90 Å². The van der Waals surface area contributed by atoms with Gasteiger partial charge in [0.15, 0.2) is 5.60 Å². The van der Waals surface area contributed by atoms with Crippen molar-refractivity contribution in [2.75, 3.05) is 13.1 Å². The smallest absolute Gasteiger partial charge is 0.335 e. The summed E-state index contributed by atoms with van der Waals surface area (Å²) >= 11 is 6.03. The highest BCUT2D eigenvalue weighted by molar-refractivity contribution is 6.33. The van der Waals surface area contributed by atoms with Gasteiger partial charge in [-0.3, -0.25) is 9.59 Å². The van der Waals surface area contributed by atoms with Gasteiger partial charge in [-0.05, 0) is 18.1 Å². The number of carbonyl (C=O) groups is 3. The number of amides is 2. The summed E-state index contributed by atoms with van der Waals surface area (Å²) in [5.41, 5.74) is -1.52. The van der Waals surface area contributed by atoms with Crippen LogP contribution in [0.4, 0.5) is 0 Å². The number of carbonyl (C=O) groups excluding carboxylic acids is 2. The summed E-state index contributed by atoms with van der Waals surface area (Å²) in [6.45, 7) is 3.86. The molecule has 0 bridgehead atoms. The fourth-order valence-electron chi connectivity index (χ4n) is 2.89. The molecule has 8 heteroatoms. The van der Waals surface area contributed by atoms with Gasteiger partial charge in [0.2, 0.25) is 5.91 Å². The largest absolute Gasteiger partial charge is 0.479 e. The van der Waals surface area contributed by atoms with Crippen LogP contribution in [0.5, 0.6) is 0 Å². The fourth-order valence-corrected chi connectivity index (χ4v) is 3.11. The minimum Gasteiger partial charge on any atom is -0.479 e. The second kappa shape index (κ2) is 8.05. The number of halogens is 1. The van der Waals surface area contributed by atoms with Gasteiger partial charge in [-0.25, -0.2) is 4.79 Å². The van der Waals surface area contributed by atoms with Gasteiger partial charge in [0.05, 0.1) is 10.6 Å². The lowest BCUT2D eigenvalue weighted by atomic mass is 9.90. The predicted molar refractivity (Wildman–Crippen MR) is 95.9 cm³/mol. The SMILES string of the molecule is CC(C)C(NC(=O)c1ccccc1Cl)C(=O)N1CCC(O)(C(=O)O)CC1. The van der Waals surface area contributed by atoms with Crippen molar-refractivity contribution in [1.82, 2.24) is 10.2 Å². The first kappa shape index (κ1) is 20.2. The molecule has 2 rings (SSSR count). The number of carboxylic acid groups (broad SMARTS) is 1. The van der Waals surface area contributed by atoms with Crippen LogP contribution in [0.25, 0.3) is 0 Å². The van der Waals surface area contributed by atoms with Crippen molar-refractivity contribution in [3.8, 4) is 0 Å². The van der Waals surface area contributed by atoms with Crippen LogP contribution in [0, 0.1) is 5.92 Å². The van der Waals surface area contributed by atoms with Gasteiger partial charge in [0, 0.05) is 25.9 Å². The molecule has 1 saturated heterocycles. The molecule has 0 spiro atoms. The van der Waals surface area contributed by atoms with E-state index in [9.17, 15) is 19.5 Å². The highest BCUT2D eigenvalue weighted by atomic mass is 35.5. The summed E-state index contributed by atoms with van der Waals surface area (Å²) in [6, 6.07) is 5.80. The summed E-state index contributed by atoms with van der Waals surface area (Å²) < 4.78 is 0. The average molecular weight is 383 g/mol. The molecule has 0 saturated carbocycles. The molecule has 0 aliphatic carbocycles. The van der Waals surface area contributed by atoms with Gasteiger partial charge in [-0.1, -0.05) is 37.6 Å². The zero-order valence-corrected chi connectivity index (χ0v) is 15.5. The third-order valence-corrected chi connectivity index (χ3v) is 4.97. The van der Waals surface area contributed by atoms with Crippen molar-refractivity contribution in [2.45, 2.75) is 38.3 Å². The van der Waals surface area contributed by atoms with Crippen molar-refractivity contribution >= 4 is 29.4 Å². The molecule has 0 radical (unpaired) electrons. The normalized spacial score (nSPS) is 17.7. The molecule has 0 aromatic heterocycles. The summed E-state index contributed by atoms with van der Waals surface area (Å²) in [4.78, 5) is 37.9. The number of nitrogens with one attached hydrogen (secondary N) is 1. The van der Waals surface area contributed by atoms with Crippen LogP contribution in [0.3, 0.4) is 0 Å². The highest BCUT2D eigenvalue weighted by Crippen LogP contribution is 2.24. The Hall–Kier alpha value is -2.12. The first-order valence-corrected chi connectivity index (χ1v) is 8.83. The van der Waals surface area contributed by atoms with E-state index in [4.69, 9.17) is 16.7 Å².